The predicted molar refractivity (Wildman–Crippen MR) is 68.6 cm³/mol. The van der Waals surface area contributed by atoms with Crippen LogP contribution in [0.2, 0.25) is 0 Å². The molecule has 5 heteroatoms. The van der Waals surface area contributed by atoms with Crippen molar-refractivity contribution in [3.63, 3.8) is 0 Å². The van der Waals surface area contributed by atoms with Gasteiger partial charge in [0.1, 0.15) is 11.6 Å². The van der Waals surface area contributed by atoms with Crippen LogP contribution in [0, 0.1) is 5.82 Å². The second-order valence-corrected chi connectivity index (χ2v) is 5.55. The van der Waals surface area contributed by atoms with Crippen LogP contribution in [0.15, 0.2) is 12.1 Å². The highest BCUT2D eigenvalue weighted by atomic mass is 19.1. The summed E-state index contributed by atoms with van der Waals surface area (Å²) < 4.78 is 13.7. The fourth-order valence-corrected chi connectivity index (χ4v) is 2.50. The van der Waals surface area contributed by atoms with Crippen LogP contribution in [0.1, 0.15) is 30.4 Å². The van der Waals surface area contributed by atoms with E-state index in [9.17, 15) is 14.3 Å². The smallest absolute Gasteiger partial charge is 0.304 e. The van der Waals surface area contributed by atoms with Crippen LogP contribution in [-0.2, 0) is 16.8 Å². The molecule has 0 atom stereocenters. The van der Waals surface area contributed by atoms with E-state index in [1.807, 2.05) is 19.0 Å². The van der Waals surface area contributed by atoms with Gasteiger partial charge in [-0.15, -0.1) is 0 Å². The molecule has 0 amide bonds. The molecule has 1 fully saturated rings. The number of hydrogen-bond donors (Lipinski definition) is 2. The SMILES string of the molecule is CN(C)Cc1cc(F)cc(C2(CC(=O)O)CC2)c1O. The van der Waals surface area contributed by atoms with E-state index >= 15 is 0 Å². The van der Waals surface area contributed by atoms with Gasteiger partial charge in [-0.05, 0) is 39.1 Å². The number of phenolic OH excluding ortho intramolecular Hbond substituents is 1. The number of carbonyl (C=O) groups is 1. The third-order valence-electron chi connectivity index (χ3n) is 3.55. The highest BCUT2D eigenvalue weighted by Gasteiger charge is 2.48. The van der Waals surface area contributed by atoms with Gasteiger partial charge < -0.3 is 15.1 Å². The Morgan fingerprint density at radius 2 is 2.05 bits per heavy atom. The molecular weight excluding hydrogens is 249 g/mol. The summed E-state index contributed by atoms with van der Waals surface area (Å²) in [7, 11) is 3.66. The molecule has 0 aliphatic heterocycles. The Morgan fingerprint density at radius 1 is 1.42 bits per heavy atom. The van der Waals surface area contributed by atoms with Crippen LogP contribution in [0.3, 0.4) is 0 Å². The van der Waals surface area contributed by atoms with Crippen LogP contribution < -0.4 is 0 Å². The first-order valence-corrected chi connectivity index (χ1v) is 6.22. The molecule has 1 aliphatic rings. The third-order valence-corrected chi connectivity index (χ3v) is 3.55. The standard InChI is InChI=1S/C14H18FNO3/c1-16(2)8-9-5-10(15)6-11(13(9)19)14(3-4-14)7-12(17)18/h5-6,19H,3-4,7-8H2,1-2H3,(H,17,18). The van der Waals surface area contributed by atoms with E-state index in [2.05, 4.69) is 0 Å². The van der Waals surface area contributed by atoms with Crippen molar-refractivity contribution in [2.75, 3.05) is 14.1 Å². The molecule has 0 spiro atoms. The average Bonchev–Trinajstić information content (AvgIpc) is 3.02. The molecule has 2 rings (SSSR count). The zero-order chi connectivity index (χ0) is 14.2. The first-order chi connectivity index (χ1) is 8.84. The predicted octanol–water partition coefficient (Wildman–Crippen LogP) is 2.10. The van der Waals surface area contributed by atoms with Crippen molar-refractivity contribution in [3.05, 3.63) is 29.1 Å². The second-order valence-electron chi connectivity index (χ2n) is 5.55. The van der Waals surface area contributed by atoms with Gasteiger partial charge in [0.15, 0.2) is 0 Å². The van der Waals surface area contributed by atoms with Crippen molar-refractivity contribution in [2.45, 2.75) is 31.2 Å². The molecule has 1 aliphatic carbocycles. The summed E-state index contributed by atoms with van der Waals surface area (Å²) in [6, 6.07) is 2.57. The molecule has 2 N–H and O–H groups in total. The molecule has 0 bridgehead atoms. The average molecular weight is 267 g/mol. The summed E-state index contributed by atoms with van der Waals surface area (Å²) in [5, 5.41) is 19.2. The molecule has 4 nitrogen and oxygen atoms in total. The number of rotatable bonds is 5. The van der Waals surface area contributed by atoms with Gasteiger partial charge in [-0.2, -0.15) is 0 Å². The van der Waals surface area contributed by atoms with Crippen LogP contribution in [0.5, 0.6) is 5.75 Å². The van der Waals surface area contributed by atoms with Crippen molar-refractivity contribution in [3.8, 4) is 5.75 Å². The molecule has 0 heterocycles. The lowest BCUT2D eigenvalue weighted by atomic mass is 9.89. The minimum atomic E-state index is -0.921. The van der Waals surface area contributed by atoms with Gasteiger partial charge in [0.2, 0.25) is 0 Å². The van der Waals surface area contributed by atoms with Gasteiger partial charge in [-0.25, -0.2) is 4.39 Å². The van der Waals surface area contributed by atoms with Crippen LogP contribution in [0.25, 0.3) is 0 Å². The van der Waals surface area contributed by atoms with Crippen molar-refractivity contribution < 1.29 is 19.4 Å². The molecule has 1 saturated carbocycles. The van der Waals surface area contributed by atoms with E-state index < -0.39 is 17.2 Å². The number of carboxylic acid groups (broad SMARTS) is 1. The Hall–Kier alpha value is -1.62. The Kier molecular flexibility index (Phi) is 3.49. The summed E-state index contributed by atoms with van der Waals surface area (Å²) in [6.07, 6.45) is 1.29. The lowest BCUT2D eigenvalue weighted by Gasteiger charge is -2.19. The third kappa shape index (κ3) is 2.87. The monoisotopic (exact) mass is 267 g/mol. The number of benzene rings is 1. The van der Waals surface area contributed by atoms with E-state index in [4.69, 9.17) is 5.11 Å². The van der Waals surface area contributed by atoms with Gasteiger partial charge >= 0.3 is 5.97 Å². The lowest BCUT2D eigenvalue weighted by molar-refractivity contribution is -0.137. The van der Waals surface area contributed by atoms with Crippen molar-refractivity contribution in [1.29, 1.82) is 0 Å². The summed E-state index contributed by atoms with van der Waals surface area (Å²) in [5.74, 6) is -1.31. The topological polar surface area (TPSA) is 60.8 Å². The quantitative estimate of drug-likeness (QED) is 0.857. The van der Waals surface area contributed by atoms with Gasteiger partial charge in [0.25, 0.3) is 0 Å². The molecule has 0 aromatic heterocycles. The summed E-state index contributed by atoms with van der Waals surface area (Å²) in [4.78, 5) is 12.7. The van der Waals surface area contributed by atoms with Gasteiger partial charge in [-0.3, -0.25) is 4.79 Å². The molecule has 19 heavy (non-hydrogen) atoms. The van der Waals surface area contributed by atoms with Crippen molar-refractivity contribution >= 4 is 5.97 Å². The number of aromatic hydroxyl groups is 1. The zero-order valence-electron chi connectivity index (χ0n) is 11.1. The minimum Gasteiger partial charge on any atom is -0.507 e. The molecule has 1 aromatic rings. The Morgan fingerprint density at radius 3 is 2.53 bits per heavy atom. The number of phenols is 1. The van der Waals surface area contributed by atoms with E-state index in [0.717, 1.165) is 0 Å². The van der Waals surface area contributed by atoms with Crippen molar-refractivity contribution in [2.24, 2.45) is 0 Å². The van der Waals surface area contributed by atoms with E-state index in [1.54, 1.807) is 0 Å². The number of hydrogen-bond acceptors (Lipinski definition) is 3. The minimum absolute atomic E-state index is 0.0360. The van der Waals surface area contributed by atoms with Crippen molar-refractivity contribution in [1.82, 2.24) is 4.90 Å². The first kappa shape index (κ1) is 13.8. The van der Waals surface area contributed by atoms with E-state index in [-0.39, 0.29) is 12.2 Å². The summed E-state index contributed by atoms with van der Waals surface area (Å²) in [6.45, 7) is 0.416. The number of aliphatic carboxylic acids is 1. The zero-order valence-corrected chi connectivity index (χ0v) is 11.1. The molecule has 0 radical (unpaired) electrons. The number of carboxylic acids is 1. The number of nitrogens with zero attached hydrogens (tertiary/aromatic N) is 1. The van der Waals surface area contributed by atoms with Gasteiger partial charge in [0, 0.05) is 23.1 Å². The van der Waals surface area contributed by atoms with Gasteiger partial charge in [-0.1, -0.05) is 0 Å². The maximum atomic E-state index is 13.7. The van der Waals surface area contributed by atoms with E-state index in [0.29, 0.717) is 30.5 Å². The Labute approximate surface area is 111 Å². The Balaban J connectivity index is 2.41. The molecule has 0 unspecified atom stereocenters. The van der Waals surface area contributed by atoms with Crippen LogP contribution in [-0.4, -0.2) is 35.2 Å². The highest BCUT2D eigenvalue weighted by molar-refractivity contribution is 5.70. The second kappa shape index (κ2) is 4.81. The summed E-state index contributed by atoms with van der Waals surface area (Å²) in [5.41, 5.74) is 0.349. The van der Waals surface area contributed by atoms with Crippen LogP contribution >= 0.6 is 0 Å². The Bertz CT molecular complexity index is 510. The highest BCUT2D eigenvalue weighted by Crippen LogP contribution is 2.54. The maximum absolute atomic E-state index is 13.7. The van der Waals surface area contributed by atoms with Gasteiger partial charge in [0.05, 0.1) is 6.42 Å². The lowest BCUT2D eigenvalue weighted by Crippen LogP contribution is -2.16. The van der Waals surface area contributed by atoms with Crippen LogP contribution in [0.4, 0.5) is 4.39 Å². The molecule has 0 saturated heterocycles. The first-order valence-electron chi connectivity index (χ1n) is 6.22. The summed E-state index contributed by atoms with van der Waals surface area (Å²) >= 11 is 0. The molecular formula is C14H18FNO3. The molecule has 104 valence electrons. The maximum Gasteiger partial charge on any atom is 0.304 e. The van der Waals surface area contributed by atoms with E-state index in [1.165, 1.54) is 12.1 Å². The molecule has 1 aromatic carbocycles. The number of halogens is 1. The largest absolute Gasteiger partial charge is 0.507 e. The normalized spacial score (nSPS) is 16.6. The fourth-order valence-electron chi connectivity index (χ4n) is 2.50. The fraction of sp³-hybridized carbons (Fsp3) is 0.500.